The highest BCUT2D eigenvalue weighted by Gasteiger charge is 2.44. The number of para-hydroxylation sites is 2. The van der Waals surface area contributed by atoms with Crippen molar-refractivity contribution in [2.45, 2.75) is 45.3 Å². The number of benzene rings is 2. The highest BCUT2D eigenvalue weighted by atomic mass is 35.5. The SMILES string of the molecule is CCOC(=O)C1=C(C)NC2=C(C(=O)N(CC(C)(C)NCC(O)COc3ccccc3OC)C2)C1c1cccc([N+](=O)[O-])c1.Cl. The van der Waals surface area contributed by atoms with E-state index in [9.17, 15) is 24.8 Å². The third-order valence-corrected chi connectivity index (χ3v) is 7.32. The standard InChI is InChI=1S/C31H38N4O8.ClH/c1-6-42-30(38)26-19(2)33-23-16-34(29(37)28(23)27(26)20-10-9-11-21(14-20)35(39)40)18-31(3,4)32-15-22(36)17-43-25-13-8-7-12-24(25)41-5;/h7-14,22,27,32-33,36H,6,15-18H2,1-5H3;1H. The zero-order chi connectivity index (χ0) is 31.3. The molecule has 4 rings (SSSR count). The molecule has 0 aromatic heterocycles. The summed E-state index contributed by atoms with van der Waals surface area (Å²) in [6.07, 6.45) is -0.830. The van der Waals surface area contributed by atoms with Crippen molar-refractivity contribution in [2.75, 3.05) is 40.0 Å². The number of carbonyl (C=O) groups excluding carboxylic acids is 2. The van der Waals surface area contributed by atoms with Crippen molar-refractivity contribution in [2.24, 2.45) is 0 Å². The van der Waals surface area contributed by atoms with Gasteiger partial charge in [-0.2, -0.15) is 0 Å². The quantitative estimate of drug-likeness (QED) is 0.170. The summed E-state index contributed by atoms with van der Waals surface area (Å²) in [6.45, 7) is 8.20. The minimum atomic E-state index is -0.835. The van der Waals surface area contributed by atoms with Crippen LogP contribution in [0.3, 0.4) is 0 Å². The number of hydrogen-bond donors (Lipinski definition) is 3. The fraction of sp³-hybridized carbons (Fsp3) is 0.419. The highest BCUT2D eigenvalue weighted by Crippen LogP contribution is 2.43. The van der Waals surface area contributed by atoms with Gasteiger partial charge in [0.15, 0.2) is 11.5 Å². The van der Waals surface area contributed by atoms with Crippen molar-refractivity contribution in [3.63, 3.8) is 0 Å². The van der Waals surface area contributed by atoms with E-state index < -0.39 is 28.5 Å². The normalized spacial score (nSPS) is 17.0. The Labute approximate surface area is 262 Å². The second-order valence-corrected chi connectivity index (χ2v) is 11.1. The second-order valence-electron chi connectivity index (χ2n) is 11.1. The van der Waals surface area contributed by atoms with Crippen LogP contribution in [0.2, 0.25) is 0 Å². The van der Waals surface area contributed by atoms with Crippen LogP contribution in [0.1, 0.15) is 39.2 Å². The number of amides is 1. The number of ether oxygens (including phenoxy) is 3. The first-order chi connectivity index (χ1) is 20.5. The van der Waals surface area contributed by atoms with Gasteiger partial charge >= 0.3 is 5.97 Å². The predicted molar refractivity (Wildman–Crippen MR) is 166 cm³/mol. The number of nitrogens with one attached hydrogen (secondary N) is 2. The minimum Gasteiger partial charge on any atom is -0.493 e. The summed E-state index contributed by atoms with van der Waals surface area (Å²) < 4.78 is 16.3. The van der Waals surface area contributed by atoms with E-state index in [2.05, 4.69) is 10.6 Å². The number of carbonyl (C=O) groups is 2. The number of rotatable bonds is 13. The smallest absolute Gasteiger partial charge is 0.336 e. The molecule has 3 N–H and O–H groups in total. The molecule has 44 heavy (non-hydrogen) atoms. The molecule has 2 aromatic carbocycles. The van der Waals surface area contributed by atoms with E-state index in [0.717, 1.165) is 0 Å². The second kappa shape index (κ2) is 14.6. The van der Waals surface area contributed by atoms with E-state index in [0.29, 0.717) is 34.0 Å². The first-order valence-corrected chi connectivity index (χ1v) is 14.1. The van der Waals surface area contributed by atoms with Crippen LogP contribution in [0, 0.1) is 10.1 Å². The van der Waals surface area contributed by atoms with Crippen molar-refractivity contribution in [1.29, 1.82) is 0 Å². The summed E-state index contributed by atoms with van der Waals surface area (Å²) in [5.41, 5.74) is 1.47. The molecule has 13 heteroatoms. The van der Waals surface area contributed by atoms with E-state index in [1.807, 2.05) is 26.0 Å². The molecule has 0 radical (unpaired) electrons. The molecule has 2 unspecified atom stereocenters. The van der Waals surface area contributed by atoms with E-state index in [4.69, 9.17) is 14.2 Å². The molecule has 0 spiro atoms. The molecule has 2 atom stereocenters. The Kier molecular flexibility index (Phi) is 11.4. The molecule has 0 saturated heterocycles. The van der Waals surface area contributed by atoms with E-state index in [1.165, 1.54) is 12.1 Å². The maximum absolute atomic E-state index is 13.9. The topological polar surface area (TPSA) is 153 Å². The number of β-amino-alcohol motifs (C(OH)–C–C–N with tert-alkyl or cyclic N) is 1. The van der Waals surface area contributed by atoms with Crippen molar-refractivity contribution in [3.8, 4) is 11.5 Å². The van der Waals surface area contributed by atoms with Crippen LogP contribution in [-0.2, 0) is 14.3 Å². The fourth-order valence-corrected chi connectivity index (χ4v) is 5.38. The molecule has 238 valence electrons. The summed E-state index contributed by atoms with van der Waals surface area (Å²) in [7, 11) is 1.55. The van der Waals surface area contributed by atoms with Crippen molar-refractivity contribution < 1.29 is 33.8 Å². The van der Waals surface area contributed by atoms with Gasteiger partial charge in [0.1, 0.15) is 12.7 Å². The van der Waals surface area contributed by atoms with Crippen molar-refractivity contribution >= 4 is 30.0 Å². The number of esters is 1. The first kappa shape index (κ1) is 34.4. The molecule has 1 amide bonds. The third-order valence-electron chi connectivity index (χ3n) is 7.32. The van der Waals surface area contributed by atoms with E-state index >= 15 is 0 Å². The Hall–Kier alpha value is -4.13. The average molecular weight is 631 g/mol. The molecular weight excluding hydrogens is 592 g/mol. The summed E-state index contributed by atoms with van der Waals surface area (Å²) in [4.78, 5) is 39.7. The number of nitrogens with zero attached hydrogens (tertiary/aromatic N) is 2. The Balaban J connectivity index is 0.00000529. The number of nitro benzene ring substituents is 1. The molecule has 0 aliphatic carbocycles. The van der Waals surface area contributed by atoms with Crippen LogP contribution < -0.4 is 20.1 Å². The number of nitro groups is 1. The summed E-state index contributed by atoms with van der Waals surface area (Å²) in [6, 6.07) is 13.2. The van der Waals surface area contributed by atoms with Crippen LogP contribution in [-0.4, -0.2) is 78.4 Å². The lowest BCUT2D eigenvalue weighted by Gasteiger charge is -2.32. The van der Waals surface area contributed by atoms with Gasteiger partial charge in [-0.3, -0.25) is 14.9 Å². The van der Waals surface area contributed by atoms with E-state index in [-0.39, 0.29) is 62.4 Å². The Morgan fingerprint density at radius 3 is 2.59 bits per heavy atom. The number of aliphatic hydroxyl groups excluding tert-OH is 1. The van der Waals surface area contributed by atoms with Crippen molar-refractivity contribution in [1.82, 2.24) is 15.5 Å². The molecule has 2 aliphatic rings. The van der Waals surface area contributed by atoms with Gasteiger partial charge in [0.05, 0.1) is 42.2 Å². The van der Waals surface area contributed by atoms with Gasteiger partial charge in [0.2, 0.25) is 0 Å². The number of aliphatic hydroxyl groups is 1. The van der Waals surface area contributed by atoms with Gasteiger partial charge in [0, 0.05) is 42.2 Å². The van der Waals surface area contributed by atoms with Gasteiger partial charge in [-0.05, 0) is 45.4 Å². The van der Waals surface area contributed by atoms with Gasteiger partial charge in [-0.25, -0.2) is 4.79 Å². The number of methoxy groups -OCH3 is 1. The molecule has 2 aromatic rings. The summed E-state index contributed by atoms with van der Waals surface area (Å²) in [5, 5.41) is 28.6. The first-order valence-electron chi connectivity index (χ1n) is 14.1. The van der Waals surface area contributed by atoms with Crippen LogP contribution in [0.15, 0.2) is 71.1 Å². The average Bonchev–Trinajstić information content (AvgIpc) is 3.27. The fourth-order valence-electron chi connectivity index (χ4n) is 5.38. The maximum atomic E-state index is 13.9. The number of halogens is 1. The summed E-state index contributed by atoms with van der Waals surface area (Å²) >= 11 is 0. The zero-order valence-electron chi connectivity index (χ0n) is 25.4. The molecule has 0 bridgehead atoms. The number of hydrogen-bond acceptors (Lipinski definition) is 10. The van der Waals surface area contributed by atoms with Crippen LogP contribution in [0.4, 0.5) is 5.69 Å². The Morgan fingerprint density at radius 2 is 1.93 bits per heavy atom. The molecular formula is C31H39ClN4O8. The Morgan fingerprint density at radius 1 is 1.23 bits per heavy atom. The van der Waals surface area contributed by atoms with Crippen molar-refractivity contribution in [3.05, 3.63) is 86.7 Å². The molecule has 0 saturated carbocycles. The maximum Gasteiger partial charge on any atom is 0.336 e. The van der Waals surface area contributed by atoms with Crippen LogP contribution in [0.5, 0.6) is 11.5 Å². The van der Waals surface area contributed by atoms with Gasteiger partial charge in [-0.15, -0.1) is 12.4 Å². The predicted octanol–water partition coefficient (Wildman–Crippen LogP) is 3.45. The van der Waals surface area contributed by atoms with Gasteiger partial charge < -0.3 is 34.9 Å². The zero-order valence-corrected chi connectivity index (χ0v) is 26.2. The highest BCUT2D eigenvalue weighted by molar-refractivity contribution is 6.04. The largest absolute Gasteiger partial charge is 0.493 e. The third kappa shape index (κ3) is 7.68. The molecule has 0 fully saturated rings. The van der Waals surface area contributed by atoms with E-state index in [1.54, 1.807) is 50.1 Å². The van der Waals surface area contributed by atoms with Crippen LogP contribution in [0.25, 0.3) is 0 Å². The van der Waals surface area contributed by atoms with Gasteiger partial charge in [0.25, 0.3) is 11.6 Å². The lowest BCUT2D eigenvalue weighted by Crippen LogP contribution is -2.52. The molecule has 12 nitrogen and oxygen atoms in total. The van der Waals surface area contributed by atoms with Crippen LogP contribution >= 0.6 is 12.4 Å². The molecule has 2 heterocycles. The molecule has 2 aliphatic heterocycles. The minimum absolute atomic E-state index is 0. The lowest BCUT2D eigenvalue weighted by molar-refractivity contribution is -0.384. The lowest BCUT2D eigenvalue weighted by atomic mass is 9.80. The number of allylic oxidation sites excluding steroid dienone is 1. The monoisotopic (exact) mass is 630 g/mol. The number of non-ortho nitro benzene ring substituents is 1. The summed E-state index contributed by atoms with van der Waals surface area (Å²) in [5.74, 6) is -0.617. The number of dihydropyridines is 1. The van der Waals surface area contributed by atoms with Gasteiger partial charge in [-0.1, -0.05) is 24.3 Å². The Bertz CT molecular complexity index is 1460.